The highest BCUT2D eigenvalue weighted by atomic mass is 79.9. The van der Waals surface area contributed by atoms with Gasteiger partial charge in [0, 0.05) is 20.3 Å². The number of amides is 2. The quantitative estimate of drug-likeness (QED) is 0.326. The molecule has 0 N–H and O–H groups in total. The Kier molecular flexibility index (Phi) is 7.74. The Bertz CT molecular complexity index is 735. The second-order valence-electron chi connectivity index (χ2n) is 5.31. The summed E-state index contributed by atoms with van der Waals surface area (Å²) in [5, 5.41) is -0.269. The van der Waals surface area contributed by atoms with E-state index in [4.69, 9.17) is 14.2 Å². The molecule has 1 aliphatic heterocycles. The Morgan fingerprint density at radius 2 is 2.08 bits per heavy atom. The Morgan fingerprint density at radius 3 is 2.73 bits per heavy atom. The van der Waals surface area contributed by atoms with Crippen molar-refractivity contribution in [3.63, 3.8) is 0 Å². The summed E-state index contributed by atoms with van der Waals surface area (Å²) in [6.07, 6.45) is 3.92. The number of benzene rings is 1. The number of hydrogen-bond acceptors (Lipinski definition) is 6. The molecule has 2 rings (SSSR count). The Balaban J connectivity index is 2.23. The molecule has 2 amide bonds. The molecule has 8 heteroatoms. The van der Waals surface area contributed by atoms with Crippen LogP contribution in [0.4, 0.5) is 4.79 Å². The van der Waals surface area contributed by atoms with E-state index in [-0.39, 0.29) is 11.1 Å². The minimum Gasteiger partial charge on any atom is -0.493 e. The number of hydrogen-bond donors (Lipinski definition) is 0. The first-order chi connectivity index (χ1) is 12.5. The molecule has 0 bridgehead atoms. The van der Waals surface area contributed by atoms with E-state index >= 15 is 0 Å². The molecule has 0 radical (unpaired) electrons. The average Bonchev–Trinajstić information content (AvgIpc) is 2.88. The van der Waals surface area contributed by atoms with Gasteiger partial charge in [-0.15, -0.1) is 0 Å². The molecule has 26 heavy (non-hydrogen) atoms. The number of nitrogens with zero attached hydrogens (tertiary/aromatic N) is 1. The summed E-state index contributed by atoms with van der Waals surface area (Å²) in [6.45, 7) is 4.80. The number of carbonyl (C=O) groups is 2. The zero-order valence-electron chi connectivity index (χ0n) is 14.6. The van der Waals surface area contributed by atoms with Crippen molar-refractivity contribution < 1.29 is 23.8 Å². The van der Waals surface area contributed by atoms with Crippen LogP contribution in [-0.4, -0.2) is 50.0 Å². The third kappa shape index (κ3) is 4.90. The first kappa shape index (κ1) is 20.5. The maximum absolute atomic E-state index is 12.5. The number of halogens is 1. The van der Waals surface area contributed by atoms with Crippen molar-refractivity contribution >= 4 is 44.9 Å². The van der Waals surface area contributed by atoms with E-state index in [1.165, 1.54) is 12.0 Å². The normalized spacial score (nSPS) is 15.7. The monoisotopic (exact) mass is 441 g/mol. The molecule has 1 aromatic carbocycles. The van der Waals surface area contributed by atoms with Gasteiger partial charge in [0.25, 0.3) is 11.1 Å². The fraction of sp³-hybridized carbons (Fsp3) is 0.333. The lowest BCUT2D eigenvalue weighted by molar-refractivity contribution is -0.122. The van der Waals surface area contributed by atoms with Crippen molar-refractivity contribution in [2.24, 2.45) is 0 Å². The molecule has 0 unspecified atom stereocenters. The van der Waals surface area contributed by atoms with Gasteiger partial charge in [0.15, 0.2) is 11.5 Å². The molecule has 6 nitrogen and oxygen atoms in total. The summed E-state index contributed by atoms with van der Waals surface area (Å²) in [5.74, 6) is 0.780. The second-order valence-corrected chi connectivity index (χ2v) is 7.16. The molecule has 0 aliphatic carbocycles. The van der Waals surface area contributed by atoms with E-state index in [9.17, 15) is 9.59 Å². The zero-order valence-corrected chi connectivity index (χ0v) is 17.0. The third-order valence-electron chi connectivity index (χ3n) is 3.50. The number of thioether (sulfide) groups is 1. The van der Waals surface area contributed by atoms with Gasteiger partial charge < -0.3 is 14.2 Å². The van der Waals surface area contributed by atoms with Crippen LogP contribution in [0.5, 0.6) is 11.5 Å². The number of carbonyl (C=O) groups excluding carboxylic acids is 2. The van der Waals surface area contributed by atoms with Gasteiger partial charge in [-0.3, -0.25) is 14.5 Å². The number of rotatable bonds is 9. The van der Waals surface area contributed by atoms with Crippen LogP contribution in [-0.2, 0) is 9.53 Å². The van der Waals surface area contributed by atoms with Crippen molar-refractivity contribution in [1.82, 2.24) is 4.90 Å². The average molecular weight is 442 g/mol. The topological polar surface area (TPSA) is 65.1 Å². The number of ether oxygens (including phenoxy) is 3. The predicted molar refractivity (Wildman–Crippen MR) is 106 cm³/mol. The molecule has 0 spiro atoms. The van der Waals surface area contributed by atoms with Gasteiger partial charge in [0.1, 0.15) is 6.61 Å². The van der Waals surface area contributed by atoms with Crippen LogP contribution in [0, 0.1) is 0 Å². The summed E-state index contributed by atoms with van der Waals surface area (Å²) in [6, 6.07) is 3.56. The minimum atomic E-state index is -0.293. The highest BCUT2D eigenvalue weighted by Crippen LogP contribution is 2.39. The second kappa shape index (κ2) is 9.80. The van der Waals surface area contributed by atoms with E-state index in [0.29, 0.717) is 47.1 Å². The Hall–Kier alpha value is -1.77. The Labute approximate surface area is 165 Å². The molecule has 140 valence electrons. The van der Waals surface area contributed by atoms with E-state index < -0.39 is 0 Å². The van der Waals surface area contributed by atoms with Gasteiger partial charge >= 0.3 is 0 Å². The molecule has 1 aliphatic rings. The van der Waals surface area contributed by atoms with Gasteiger partial charge in [-0.25, -0.2) is 0 Å². The summed E-state index contributed by atoms with van der Waals surface area (Å²) in [4.78, 5) is 26.1. The van der Waals surface area contributed by atoms with Crippen molar-refractivity contribution in [1.29, 1.82) is 0 Å². The summed E-state index contributed by atoms with van der Waals surface area (Å²) < 4.78 is 16.6. The van der Waals surface area contributed by atoms with Crippen molar-refractivity contribution in [2.75, 3.05) is 34.0 Å². The largest absolute Gasteiger partial charge is 0.493 e. The summed E-state index contributed by atoms with van der Waals surface area (Å²) >= 11 is 4.38. The molecule has 0 saturated carbocycles. The molecule has 1 saturated heterocycles. The lowest BCUT2D eigenvalue weighted by Gasteiger charge is -2.13. The molecule has 1 heterocycles. The van der Waals surface area contributed by atoms with E-state index in [1.54, 1.807) is 31.4 Å². The van der Waals surface area contributed by atoms with E-state index in [0.717, 1.165) is 17.3 Å². The smallest absolute Gasteiger partial charge is 0.293 e. The maximum atomic E-state index is 12.5. The minimum absolute atomic E-state index is 0.269. The van der Waals surface area contributed by atoms with Crippen LogP contribution in [0.3, 0.4) is 0 Å². The van der Waals surface area contributed by atoms with Crippen molar-refractivity contribution in [3.8, 4) is 11.5 Å². The molecule has 0 atom stereocenters. The highest BCUT2D eigenvalue weighted by molar-refractivity contribution is 9.10. The van der Waals surface area contributed by atoms with Crippen LogP contribution >= 0.6 is 27.7 Å². The van der Waals surface area contributed by atoms with Crippen molar-refractivity contribution in [2.45, 2.75) is 6.42 Å². The molecular formula is C18H20BrNO5S. The fourth-order valence-corrected chi connectivity index (χ4v) is 3.76. The van der Waals surface area contributed by atoms with Crippen LogP contribution < -0.4 is 9.47 Å². The van der Waals surface area contributed by atoms with E-state index in [1.807, 2.05) is 0 Å². The first-order valence-corrected chi connectivity index (χ1v) is 9.48. The lowest BCUT2D eigenvalue weighted by atomic mass is 10.2. The first-order valence-electron chi connectivity index (χ1n) is 7.87. The molecule has 1 fully saturated rings. The SMILES string of the molecule is C=CCOc1c(Br)cc(/C=C2/SC(=O)N(CCCOC)C2=O)cc1OC. The molecular weight excluding hydrogens is 422 g/mol. The lowest BCUT2D eigenvalue weighted by Crippen LogP contribution is -2.29. The number of imide groups is 1. The predicted octanol–water partition coefficient (Wildman–Crippen LogP) is 4.10. The highest BCUT2D eigenvalue weighted by Gasteiger charge is 2.34. The third-order valence-corrected chi connectivity index (χ3v) is 5.00. The summed E-state index contributed by atoms with van der Waals surface area (Å²) in [5.41, 5.74) is 0.724. The maximum Gasteiger partial charge on any atom is 0.293 e. The standard InChI is InChI=1S/C18H20BrNO5S/c1-4-7-25-16-13(19)9-12(10-14(16)24-3)11-15-17(21)20(18(22)26-15)6-5-8-23-2/h4,9-11H,1,5-8H2,2-3H3/b15-11+. The van der Waals surface area contributed by atoms with Gasteiger partial charge in [-0.1, -0.05) is 12.7 Å². The Morgan fingerprint density at radius 1 is 1.31 bits per heavy atom. The van der Waals surface area contributed by atoms with Crippen LogP contribution in [0.2, 0.25) is 0 Å². The van der Waals surface area contributed by atoms with Crippen LogP contribution in [0.1, 0.15) is 12.0 Å². The van der Waals surface area contributed by atoms with Gasteiger partial charge in [-0.05, 0) is 57.9 Å². The van der Waals surface area contributed by atoms with E-state index in [2.05, 4.69) is 22.5 Å². The number of methoxy groups -OCH3 is 2. The van der Waals surface area contributed by atoms with Crippen LogP contribution in [0.25, 0.3) is 6.08 Å². The van der Waals surface area contributed by atoms with Gasteiger partial charge in [-0.2, -0.15) is 0 Å². The van der Waals surface area contributed by atoms with Gasteiger partial charge in [0.05, 0.1) is 16.5 Å². The van der Waals surface area contributed by atoms with Crippen molar-refractivity contribution in [3.05, 3.63) is 39.7 Å². The zero-order chi connectivity index (χ0) is 19.1. The fourth-order valence-electron chi connectivity index (χ4n) is 2.32. The summed E-state index contributed by atoms with van der Waals surface area (Å²) in [7, 11) is 3.12. The molecule has 0 aromatic heterocycles. The van der Waals surface area contributed by atoms with Crippen LogP contribution in [0.15, 0.2) is 34.2 Å². The van der Waals surface area contributed by atoms with Gasteiger partial charge in [0.2, 0.25) is 0 Å². The molecule has 1 aromatic rings.